The Morgan fingerprint density at radius 3 is 2.44 bits per heavy atom. The Morgan fingerprint density at radius 2 is 1.81 bits per heavy atom. The lowest BCUT2D eigenvalue weighted by molar-refractivity contribution is -0.142. The van der Waals surface area contributed by atoms with Crippen LogP contribution in [0.25, 0.3) is 17.4 Å². The molecule has 2 atom stereocenters. The molecule has 1 aromatic heterocycles. The number of carboxylic acid groups (broad SMARTS) is 1. The molecule has 0 bridgehead atoms. The lowest BCUT2D eigenvalue weighted by Gasteiger charge is -2.19. The molecule has 2 amide bonds. The predicted octanol–water partition coefficient (Wildman–Crippen LogP) is 5.17. The molecule has 3 aromatic rings. The molecular weight excluding hydrogens is 496 g/mol. The van der Waals surface area contributed by atoms with E-state index in [1.165, 1.54) is 11.8 Å². The molecule has 1 aliphatic rings. The molecule has 36 heavy (non-hydrogen) atoms. The van der Waals surface area contributed by atoms with Crippen LogP contribution in [0.1, 0.15) is 36.8 Å². The standard InChI is InChI=1S/C27H26N2O5S2/c1-16(2)24(30)28-23(26(32)33)19-10-8-18(9-11-19)21-13-12-20(34-21)14-22-25(31)29(27(35)36-22)15-17-6-4-3-5-7-17/h3-14,16,23,27,35H,15H2,1-2H3,(H,28,30)(H,32,33)/b22-14-/t23-,27-/m0/s1. The molecule has 186 valence electrons. The fraction of sp³-hybridized carbons (Fsp3) is 0.222. The third kappa shape index (κ3) is 5.85. The number of thioether (sulfide) groups is 1. The summed E-state index contributed by atoms with van der Waals surface area (Å²) in [5.41, 5.74) is 2.23. The number of hydrogen-bond acceptors (Lipinski definition) is 6. The Balaban J connectivity index is 1.47. The highest BCUT2D eigenvalue weighted by Gasteiger charge is 2.34. The average Bonchev–Trinajstić information content (AvgIpc) is 3.43. The van der Waals surface area contributed by atoms with Crippen molar-refractivity contribution in [1.82, 2.24) is 10.2 Å². The summed E-state index contributed by atoms with van der Waals surface area (Å²) >= 11 is 5.93. The summed E-state index contributed by atoms with van der Waals surface area (Å²) in [5.74, 6) is -0.791. The van der Waals surface area contributed by atoms with Crippen LogP contribution < -0.4 is 5.32 Å². The van der Waals surface area contributed by atoms with Gasteiger partial charge in [-0.3, -0.25) is 9.59 Å². The number of aliphatic carboxylic acids is 1. The lowest BCUT2D eigenvalue weighted by Crippen LogP contribution is -2.36. The molecule has 0 aliphatic carbocycles. The van der Waals surface area contributed by atoms with E-state index >= 15 is 0 Å². The molecule has 0 radical (unpaired) electrons. The molecule has 0 spiro atoms. The molecule has 1 fully saturated rings. The van der Waals surface area contributed by atoms with Crippen LogP contribution in [0, 0.1) is 5.92 Å². The van der Waals surface area contributed by atoms with Crippen molar-refractivity contribution in [2.75, 3.05) is 0 Å². The molecule has 1 saturated heterocycles. The number of furan rings is 1. The topological polar surface area (TPSA) is 99.9 Å². The number of rotatable bonds is 8. The summed E-state index contributed by atoms with van der Waals surface area (Å²) in [4.78, 5) is 38.9. The van der Waals surface area contributed by atoms with E-state index in [0.717, 1.165) is 11.1 Å². The first-order valence-corrected chi connectivity index (χ1v) is 12.8. The van der Waals surface area contributed by atoms with Crippen molar-refractivity contribution in [2.24, 2.45) is 5.92 Å². The van der Waals surface area contributed by atoms with Crippen molar-refractivity contribution in [3.63, 3.8) is 0 Å². The first-order valence-electron chi connectivity index (χ1n) is 11.4. The first-order chi connectivity index (χ1) is 17.2. The largest absolute Gasteiger partial charge is 0.479 e. The molecule has 9 heteroatoms. The number of nitrogens with one attached hydrogen (secondary N) is 1. The van der Waals surface area contributed by atoms with Crippen molar-refractivity contribution in [3.05, 3.63) is 88.5 Å². The molecule has 0 saturated carbocycles. The number of benzene rings is 2. The van der Waals surface area contributed by atoms with Crippen LogP contribution >= 0.6 is 24.4 Å². The van der Waals surface area contributed by atoms with Gasteiger partial charge in [0.25, 0.3) is 5.91 Å². The molecule has 7 nitrogen and oxygen atoms in total. The normalized spacial score (nSPS) is 17.6. The molecule has 1 aliphatic heterocycles. The summed E-state index contributed by atoms with van der Waals surface area (Å²) in [5, 5.41) is 12.1. The number of carboxylic acids is 1. The van der Waals surface area contributed by atoms with Crippen LogP contribution in [-0.2, 0) is 20.9 Å². The van der Waals surface area contributed by atoms with E-state index in [0.29, 0.717) is 28.5 Å². The minimum atomic E-state index is -1.13. The van der Waals surface area contributed by atoms with E-state index in [-0.39, 0.29) is 22.4 Å². The van der Waals surface area contributed by atoms with Crippen molar-refractivity contribution in [1.29, 1.82) is 0 Å². The number of nitrogens with zero attached hydrogens (tertiary/aromatic N) is 1. The van der Waals surface area contributed by atoms with Gasteiger partial charge >= 0.3 is 5.97 Å². The first kappa shape index (κ1) is 25.7. The van der Waals surface area contributed by atoms with E-state index in [4.69, 9.17) is 4.42 Å². The summed E-state index contributed by atoms with van der Waals surface area (Å²) in [7, 11) is 0. The summed E-state index contributed by atoms with van der Waals surface area (Å²) in [6, 6.07) is 19.0. The Bertz CT molecular complexity index is 1290. The zero-order valence-corrected chi connectivity index (χ0v) is 21.5. The maximum absolute atomic E-state index is 12.9. The van der Waals surface area contributed by atoms with Gasteiger partial charge in [0, 0.05) is 24.1 Å². The van der Waals surface area contributed by atoms with Crippen molar-refractivity contribution in [3.8, 4) is 11.3 Å². The molecule has 2 N–H and O–H groups in total. The second-order valence-corrected chi connectivity index (χ2v) is 10.6. The van der Waals surface area contributed by atoms with Gasteiger partial charge in [-0.15, -0.1) is 12.6 Å². The van der Waals surface area contributed by atoms with E-state index in [9.17, 15) is 19.5 Å². The van der Waals surface area contributed by atoms with E-state index in [2.05, 4.69) is 17.9 Å². The predicted molar refractivity (Wildman–Crippen MR) is 143 cm³/mol. The second-order valence-electron chi connectivity index (χ2n) is 8.63. The van der Waals surface area contributed by atoms with Crippen molar-refractivity contribution >= 4 is 48.3 Å². The van der Waals surface area contributed by atoms with Gasteiger partial charge in [0.1, 0.15) is 16.2 Å². The Morgan fingerprint density at radius 1 is 1.11 bits per heavy atom. The lowest BCUT2D eigenvalue weighted by atomic mass is 10.0. The smallest absolute Gasteiger partial charge is 0.330 e. The van der Waals surface area contributed by atoms with Gasteiger partial charge in [-0.25, -0.2) is 4.79 Å². The zero-order valence-electron chi connectivity index (χ0n) is 19.8. The number of hydrogen-bond donors (Lipinski definition) is 3. The SMILES string of the molecule is CC(C)C(=O)N[C@H](C(=O)O)c1ccc(-c2ccc(/C=C3\S[C@H](S)N(Cc4ccccc4)C3=O)o2)cc1. The number of thiol groups is 1. The number of carbonyl (C=O) groups excluding carboxylic acids is 2. The molecular formula is C27H26N2O5S2. The summed E-state index contributed by atoms with van der Waals surface area (Å²) in [6.45, 7) is 3.88. The highest BCUT2D eigenvalue weighted by molar-refractivity contribution is 8.14. The van der Waals surface area contributed by atoms with Crippen molar-refractivity contribution in [2.45, 2.75) is 31.1 Å². The van der Waals surface area contributed by atoms with E-state index in [1.54, 1.807) is 61.2 Å². The van der Waals surface area contributed by atoms with Crippen LogP contribution in [0.3, 0.4) is 0 Å². The fourth-order valence-corrected chi connectivity index (χ4v) is 5.10. The second kappa shape index (κ2) is 11.1. The zero-order chi connectivity index (χ0) is 25.8. The Hall–Kier alpha value is -3.43. The van der Waals surface area contributed by atoms with E-state index in [1.807, 2.05) is 30.3 Å². The maximum Gasteiger partial charge on any atom is 0.330 e. The average molecular weight is 523 g/mol. The van der Waals surface area contributed by atoms with Crippen LogP contribution in [0.15, 0.2) is 76.1 Å². The minimum absolute atomic E-state index is 0.102. The van der Waals surface area contributed by atoms with Crippen LogP contribution in [0.2, 0.25) is 0 Å². The molecule has 2 heterocycles. The highest BCUT2D eigenvalue weighted by Crippen LogP contribution is 2.39. The van der Waals surface area contributed by atoms with Gasteiger partial charge < -0.3 is 19.7 Å². The fourth-order valence-electron chi connectivity index (χ4n) is 3.65. The molecule has 4 rings (SSSR count). The van der Waals surface area contributed by atoms with Gasteiger partial charge in [-0.2, -0.15) is 0 Å². The van der Waals surface area contributed by atoms with Gasteiger partial charge in [-0.05, 0) is 23.3 Å². The van der Waals surface area contributed by atoms with Gasteiger partial charge in [0.05, 0.1) is 4.91 Å². The van der Waals surface area contributed by atoms with Crippen LogP contribution in [-0.4, -0.2) is 32.5 Å². The number of carbonyl (C=O) groups is 3. The quantitative estimate of drug-likeness (QED) is 0.279. The molecule has 2 aromatic carbocycles. The summed E-state index contributed by atoms with van der Waals surface area (Å²) in [6.07, 6.45) is 1.71. The van der Waals surface area contributed by atoms with Crippen LogP contribution in [0.5, 0.6) is 0 Å². The highest BCUT2D eigenvalue weighted by atomic mass is 32.2. The minimum Gasteiger partial charge on any atom is -0.479 e. The van der Waals surface area contributed by atoms with Gasteiger partial charge in [-0.1, -0.05) is 80.2 Å². The Kier molecular flexibility index (Phi) is 7.91. The number of amides is 2. The monoisotopic (exact) mass is 522 g/mol. The third-order valence-electron chi connectivity index (χ3n) is 5.65. The third-order valence-corrected chi connectivity index (χ3v) is 7.26. The van der Waals surface area contributed by atoms with E-state index < -0.39 is 12.0 Å². The molecule has 0 unspecified atom stereocenters. The van der Waals surface area contributed by atoms with Gasteiger partial charge in [0.15, 0.2) is 6.04 Å². The van der Waals surface area contributed by atoms with Crippen molar-refractivity contribution < 1.29 is 23.9 Å². The Labute approximate surface area is 219 Å². The van der Waals surface area contributed by atoms with Gasteiger partial charge in [0.2, 0.25) is 5.91 Å². The maximum atomic E-state index is 12.9. The summed E-state index contributed by atoms with van der Waals surface area (Å²) < 4.78 is 5.65. The van der Waals surface area contributed by atoms with Crippen LogP contribution in [0.4, 0.5) is 0 Å².